The van der Waals surface area contributed by atoms with E-state index in [0.717, 1.165) is 4.68 Å². The van der Waals surface area contributed by atoms with Gasteiger partial charge in [0.1, 0.15) is 22.8 Å². The molecule has 0 spiro atoms. The fraction of sp³-hybridized carbons (Fsp3) is 0.250. The SMILES string of the molecule is CC(C)Cc1nc2cccc(F)c2c(=O)n1NC(=O)Cc1ccccc1F. The number of hydrogen-bond acceptors (Lipinski definition) is 3. The average Bonchev–Trinajstić information content (AvgIpc) is 2.60. The second kappa shape index (κ2) is 7.65. The number of halogens is 2. The minimum atomic E-state index is -0.710. The van der Waals surface area contributed by atoms with Crippen molar-refractivity contribution in [2.75, 3.05) is 5.43 Å². The van der Waals surface area contributed by atoms with E-state index in [1.54, 1.807) is 12.1 Å². The lowest BCUT2D eigenvalue weighted by molar-refractivity contribution is -0.116. The van der Waals surface area contributed by atoms with Crippen LogP contribution in [0.4, 0.5) is 8.78 Å². The van der Waals surface area contributed by atoms with Crippen LogP contribution in [-0.2, 0) is 17.6 Å². The summed E-state index contributed by atoms with van der Waals surface area (Å²) >= 11 is 0. The second-order valence-electron chi connectivity index (χ2n) is 6.70. The number of benzene rings is 2. The van der Waals surface area contributed by atoms with Gasteiger partial charge in [0.2, 0.25) is 5.91 Å². The molecule has 7 heteroatoms. The number of amides is 1. The molecule has 0 bridgehead atoms. The van der Waals surface area contributed by atoms with Crippen molar-refractivity contribution in [3.63, 3.8) is 0 Å². The first-order valence-corrected chi connectivity index (χ1v) is 8.60. The van der Waals surface area contributed by atoms with E-state index < -0.39 is 23.1 Å². The number of carbonyl (C=O) groups excluding carboxylic acids is 1. The first-order valence-electron chi connectivity index (χ1n) is 8.60. The lowest BCUT2D eigenvalue weighted by atomic mass is 10.1. The van der Waals surface area contributed by atoms with Crippen molar-refractivity contribution in [1.82, 2.24) is 9.66 Å². The Labute approximate surface area is 154 Å². The maximum atomic E-state index is 14.1. The van der Waals surface area contributed by atoms with E-state index in [0.29, 0.717) is 12.2 Å². The topological polar surface area (TPSA) is 64.0 Å². The molecular formula is C20H19F2N3O2. The van der Waals surface area contributed by atoms with E-state index >= 15 is 0 Å². The van der Waals surface area contributed by atoms with Gasteiger partial charge in [-0.1, -0.05) is 38.1 Å². The first-order chi connectivity index (χ1) is 12.9. The number of hydrogen-bond donors (Lipinski definition) is 1. The van der Waals surface area contributed by atoms with E-state index in [9.17, 15) is 18.4 Å². The average molecular weight is 371 g/mol. The van der Waals surface area contributed by atoms with Gasteiger partial charge in [0.05, 0.1) is 11.9 Å². The zero-order valence-corrected chi connectivity index (χ0v) is 15.0. The van der Waals surface area contributed by atoms with Gasteiger partial charge in [-0.05, 0) is 29.7 Å². The van der Waals surface area contributed by atoms with Crippen LogP contribution in [0, 0.1) is 17.6 Å². The molecule has 1 N–H and O–H groups in total. The first kappa shape index (κ1) is 18.7. The van der Waals surface area contributed by atoms with Gasteiger partial charge in [0.15, 0.2) is 0 Å². The van der Waals surface area contributed by atoms with Crippen molar-refractivity contribution in [1.29, 1.82) is 0 Å². The number of carbonyl (C=O) groups is 1. The Kier molecular flexibility index (Phi) is 5.30. The molecule has 0 aliphatic heterocycles. The van der Waals surface area contributed by atoms with E-state index in [2.05, 4.69) is 10.4 Å². The van der Waals surface area contributed by atoms with Crippen molar-refractivity contribution >= 4 is 16.8 Å². The Hall–Kier alpha value is -3.09. The number of rotatable bonds is 5. The van der Waals surface area contributed by atoms with Crippen LogP contribution in [-0.4, -0.2) is 15.6 Å². The molecule has 0 unspecified atom stereocenters. The molecule has 140 valence electrons. The van der Waals surface area contributed by atoms with Crippen molar-refractivity contribution in [2.45, 2.75) is 26.7 Å². The van der Waals surface area contributed by atoms with Gasteiger partial charge in [-0.15, -0.1) is 0 Å². The molecule has 0 fully saturated rings. The van der Waals surface area contributed by atoms with Gasteiger partial charge < -0.3 is 0 Å². The molecule has 1 heterocycles. The molecule has 1 aromatic heterocycles. The Morgan fingerprint density at radius 1 is 1.11 bits per heavy atom. The van der Waals surface area contributed by atoms with Crippen LogP contribution < -0.4 is 11.0 Å². The van der Waals surface area contributed by atoms with Crippen molar-refractivity contribution in [3.05, 3.63) is 75.8 Å². The summed E-state index contributed by atoms with van der Waals surface area (Å²) in [4.78, 5) is 29.5. The maximum absolute atomic E-state index is 14.1. The lowest BCUT2D eigenvalue weighted by Gasteiger charge is -2.16. The molecule has 1 amide bonds. The van der Waals surface area contributed by atoms with Crippen molar-refractivity contribution in [3.8, 4) is 0 Å². The van der Waals surface area contributed by atoms with Crippen molar-refractivity contribution in [2.24, 2.45) is 5.92 Å². The van der Waals surface area contributed by atoms with Gasteiger partial charge in [-0.3, -0.25) is 15.0 Å². The van der Waals surface area contributed by atoms with Crippen LogP contribution in [0.3, 0.4) is 0 Å². The minimum Gasteiger partial charge on any atom is -0.273 e. The molecule has 0 aliphatic carbocycles. The quantitative estimate of drug-likeness (QED) is 0.749. The van der Waals surface area contributed by atoms with Gasteiger partial charge in [0.25, 0.3) is 5.56 Å². The van der Waals surface area contributed by atoms with Gasteiger partial charge in [-0.2, -0.15) is 0 Å². The smallest absolute Gasteiger partial charge is 0.273 e. The van der Waals surface area contributed by atoms with Crippen molar-refractivity contribution < 1.29 is 13.6 Å². The molecule has 3 aromatic rings. The van der Waals surface area contributed by atoms with Crippen LogP contribution in [0.15, 0.2) is 47.3 Å². The zero-order chi connectivity index (χ0) is 19.6. The Morgan fingerprint density at radius 2 is 1.81 bits per heavy atom. The fourth-order valence-electron chi connectivity index (χ4n) is 2.83. The third kappa shape index (κ3) is 4.02. The van der Waals surface area contributed by atoms with Gasteiger partial charge in [0, 0.05) is 6.42 Å². The summed E-state index contributed by atoms with van der Waals surface area (Å²) < 4.78 is 28.9. The molecule has 2 aromatic carbocycles. The highest BCUT2D eigenvalue weighted by atomic mass is 19.1. The standard InChI is InChI=1S/C20H19F2N3O2/c1-12(2)10-17-23-16-9-5-8-15(22)19(16)20(27)25(17)24-18(26)11-13-6-3-4-7-14(13)21/h3-9,12H,10-11H2,1-2H3,(H,24,26). The van der Waals surface area contributed by atoms with E-state index in [1.165, 1.54) is 30.3 Å². The minimum absolute atomic E-state index is 0.151. The highest BCUT2D eigenvalue weighted by Gasteiger charge is 2.17. The molecule has 0 saturated carbocycles. The summed E-state index contributed by atoms with van der Waals surface area (Å²) in [5.74, 6) is -1.35. The second-order valence-corrected chi connectivity index (χ2v) is 6.70. The molecule has 0 radical (unpaired) electrons. The molecular weight excluding hydrogens is 352 g/mol. The van der Waals surface area contributed by atoms with Crippen LogP contribution in [0.5, 0.6) is 0 Å². The Balaban J connectivity index is 2.02. The van der Waals surface area contributed by atoms with Crippen LogP contribution >= 0.6 is 0 Å². The highest BCUT2D eigenvalue weighted by Crippen LogP contribution is 2.14. The third-order valence-corrected chi connectivity index (χ3v) is 4.05. The monoisotopic (exact) mass is 371 g/mol. The largest absolute Gasteiger partial charge is 0.283 e. The number of fused-ring (bicyclic) bond motifs is 1. The van der Waals surface area contributed by atoms with Crippen LogP contribution in [0.25, 0.3) is 10.9 Å². The van der Waals surface area contributed by atoms with E-state index in [1.807, 2.05) is 13.8 Å². The predicted octanol–water partition coefficient (Wildman–Crippen LogP) is 3.19. The summed E-state index contributed by atoms with van der Waals surface area (Å²) in [6.45, 7) is 3.88. The fourth-order valence-corrected chi connectivity index (χ4v) is 2.83. The molecule has 0 saturated heterocycles. The Morgan fingerprint density at radius 3 is 2.52 bits per heavy atom. The molecule has 27 heavy (non-hydrogen) atoms. The normalized spacial score (nSPS) is 11.1. The summed E-state index contributed by atoms with van der Waals surface area (Å²) in [6, 6.07) is 10.1. The van der Waals surface area contributed by atoms with Gasteiger partial charge in [-0.25, -0.2) is 18.4 Å². The zero-order valence-electron chi connectivity index (χ0n) is 15.0. The molecule has 5 nitrogen and oxygen atoms in total. The molecule has 0 aliphatic rings. The van der Waals surface area contributed by atoms with Gasteiger partial charge >= 0.3 is 0 Å². The van der Waals surface area contributed by atoms with Crippen LogP contribution in [0.2, 0.25) is 0 Å². The summed E-state index contributed by atoms with van der Waals surface area (Å²) in [5, 5.41) is -0.198. The van der Waals surface area contributed by atoms with E-state index in [4.69, 9.17) is 0 Å². The maximum Gasteiger partial charge on any atom is 0.283 e. The number of nitrogens with zero attached hydrogens (tertiary/aromatic N) is 2. The number of nitrogens with one attached hydrogen (secondary N) is 1. The third-order valence-electron chi connectivity index (χ3n) is 4.05. The summed E-state index contributed by atoms with van der Waals surface area (Å²) in [5.41, 5.74) is 2.18. The highest BCUT2D eigenvalue weighted by molar-refractivity contribution is 5.86. The lowest BCUT2D eigenvalue weighted by Crippen LogP contribution is -2.37. The summed E-state index contributed by atoms with van der Waals surface area (Å²) in [6.07, 6.45) is 0.150. The molecule has 3 rings (SSSR count). The Bertz CT molecular complexity index is 1060. The van der Waals surface area contributed by atoms with Crippen LogP contribution in [0.1, 0.15) is 25.2 Å². The van der Waals surface area contributed by atoms with E-state index in [-0.39, 0.29) is 28.8 Å². The molecule has 0 atom stereocenters. The summed E-state index contributed by atoms with van der Waals surface area (Å²) in [7, 11) is 0. The predicted molar refractivity (Wildman–Crippen MR) is 99.0 cm³/mol. The number of aromatic nitrogens is 2.